The Hall–Kier alpha value is -7.35. The third-order valence-electron chi connectivity index (χ3n) is 7.35. The lowest BCUT2D eigenvalue weighted by Crippen LogP contribution is -2.09. The zero-order valence-corrected chi connectivity index (χ0v) is 30.2. The molecule has 4 N–H and O–H groups in total. The van der Waals surface area contributed by atoms with Gasteiger partial charge in [-0.3, -0.25) is 9.59 Å². The Labute approximate surface area is 309 Å². The number of aromatic nitrogens is 14. The molecule has 0 amide bonds. The number of carbonyl (C=O) groups is 3. The zero-order valence-electron chi connectivity index (χ0n) is 28.5. The smallest absolute Gasteiger partial charge is 0.343 e. The van der Waals surface area contributed by atoms with E-state index in [0.29, 0.717) is 31.7 Å². The fourth-order valence-corrected chi connectivity index (χ4v) is 6.12. The topological polar surface area (TPSA) is 311 Å². The van der Waals surface area contributed by atoms with Gasteiger partial charge in [-0.15, -0.1) is 40.9 Å². The van der Waals surface area contributed by atoms with Crippen LogP contribution in [0.1, 0.15) is 42.1 Å². The number of Topliss-reactive ketones (excluding diaryl/α,β-unsaturated/α-hetero) is 1. The quantitative estimate of drug-likeness (QED) is 0.0626. The molecule has 0 aliphatic rings. The van der Waals surface area contributed by atoms with Gasteiger partial charge in [0.05, 0.1) is 36.5 Å². The monoisotopic (exact) mass is 768 g/mol. The molecule has 0 aromatic carbocycles. The van der Waals surface area contributed by atoms with Crippen molar-refractivity contribution in [2.24, 2.45) is 20.5 Å². The van der Waals surface area contributed by atoms with Crippen LogP contribution in [0.2, 0.25) is 0 Å². The fourth-order valence-electron chi connectivity index (χ4n) is 4.82. The van der Waals surface area contributed by atoms with Gasteiger partial charge in [-0.2, -0.15) is 39.1 Å². The van der Waals surface area contributed by atoms with Crippen LogP contribution in [0.25, 0.3) is 21.9 Å². The second-order valence-corrected chi connectivity index (χ2v) is 13.2. The van der Waals surface area contributed by atoms with Crippen LogP contribution in [0.5, 0.6) is 0 Å². The Bertz CT molecular complexity index is 2660. The summed E-state index contributed by atoms with van der Waals surface area (Å²) in [7, 11) is 1.23. The number of aldehydes is 1. The Balaban J connectivity index is 1.21. The number of rotatable bonds is 11. The van der Waals surface area contributed by atoms with E-state index in [1.165, 1.54) is 73.3 Å². The molecule has 0 atom stereocenters. The summed E-state index contributed by atoms with van der Waals surface area (Å²) in [4.78, 5) is 44.8. The van der Waals surface area contributed by atoms with Gasteiger partial charge >= 0.3 is 5.97 Å². The number of hydrogen-bond acceptors (Lipinski definition) is 22. The van der Waals surface area contributed by atoms with Crippen molar-refractivity contribution in [1.82, 2.24) is 69.5 Å². The highest BCUT2D eigenvalue weighted by molar-refractivity contribution is 7.13. The Morgan fingerprint density at radius 1 is 0.722 bits per heavy atom. The summed E-state index contributed by atoms with van der Waals surface area (Å²) in [6, 6.07) is 1.52. The Morgan fingerprint density at radius 3 is 1.65 bits per heavy atom. The number of aryl methyl sites for hydroxylation is 4. The van der Waals surface area contributed by atoms with E-state index in [-0.39, 0.29) is 63.7 Å². The van der Waals surface area contributed by atoms with Crippen molar-refractivity contribution in [3.63, 3.8) is 0 Å². The molecule has 26 heteroatoms. The number of anilines is 2. The molecular formula is C28H24N20O4S2. The van der Waals surface area contributed by atoms with Crippen LogP contribution < -0.4 is 11.5 Å². The number of methoxy groups -OCH3 is 1. The minimum absolute atomic E-state index is 0.0322. The van der Waals surface area contributed by atoms with Crippen molar-refractivity contribution in [1.29, 1.82) is 0 Å². The lowest BCUT2D eigenvalue weighted by atomic mass is 10.2. The summed E-state index contributed by atoms with van der Waals surface area (Å²) in [5, 5.41) is 52.5. The van der Waals surface area contributed by atoms with Gasteiger partial charge in [0.15, 0.2) is 52.6 Å². The van der Waals surface area contributed by atoms with Gasteiger partial charge in [-0.1, -0.05) is 22.7 Å². The molecule has 0 aliphatic carbocycles. The first kappa shape index (κ1) is 35.1. The summed E-state index contributed by atoms with van der Waals surface area (Å²) in [6.07, 6.45) is 3.88. The molecule has 0 aliphatic heterocycles. The molecule has 0 spiro atoms. The van der Waals surface area contributed by atoms with Crippen LogP contribution in [0.4, 0.5) is 34.6 Å². The molecule has 0 saturated carbocycles. The van der Waals surface area contributed by atoms with Crippen molar-refractivity contribution in [2.75, 3.05) is 18.6 Å². The second-order valence-electron chi connectivity index (χ2n) is 10.9. The molecule has 7 aromatic rings. The van der Waals surface area contributed by atoms with Gasteiger partial charge < -0.3 is 16.2 Å². The van der Waals surface area contributed by atoms with E-state index in [2.05, 4.69) is 71.2 Å². The molecule has 272 valence electrons. The van der Waals surface area contributed by atoms with E-state index in [4.69, 9.17) is 16.2 Å². The van der Waals surface area contributed by atoms with Gasteiger partial charge in [0, 0.05) is 6.07 Å². The number of carbonyl (C=O) groups excluding carboxylic acids is 3. The van der Waals surface area contributed by atoms with E-state index in [1.807, 2.05) is 0 Å². The third-order valence-corrected chi connectivity index (χ3v) is 8.98. The third kappa shape index (κ3) is 6.25. The lowest BCUT2D eigenvalue weighted by Gasteiger charge is -2.06. The number of ketones is 1. The Kier molecular flexibility index (Phi) is 9.09. The first-order valence-corrected chi connectivity index (χ1v) is 16.8. The summed E-state index contributed by atoms with van der Waals surface area (Å²) >= 11 is 2.43. The van der Waals surface area contributed by atoms with E-state index in [0.717, 1.165) is 0 Å². The first-order chi connectivity index (χ1) is 26.0. The predicted molar refractivity (Wildman–Crippen MR) is 188 cm³/mol. The number of nitrogen functional groups attached to an aromatic ring is 2. The van der Waals surface area contributed by atoms with E-state index < -0.39 is 11.8 Å². The van der Waals surface area contributed by atoms with Crippen molar-refractivity contribution >= 4 is 75.4 Å². The Morgan fingerprint density at radius 2 is 1.20 bits per heavy atom. The minimum Gasteiger partial charge on any atom is -0.465 e. The molecule has 54 heavy (non-hydrogen) atoms. The standard InChI is InChI=1S/C28H24N20O4S2/c1-11-20(37-39-24-15(17(50)9-49)7-33-47(24)27-41-35-13(3)53-27)22(29)45(43-11)18-6-19(32-10-31-18)46-23(30)21(12(2)44-46)38-40-25-16(26(51)52-5)8-34-48(25)28-42-36-14(4)54-28/h6-10H,29-30H2,1-5H3. The van der Waals surface area contributed by atoms with Gasteiger partial charge in [0.25, 0.3) is 0 Å². The molecule has 24 nitrogen and oxygen atoms in total. The van der Waals surface area contributed by atoms with Gasteiger partial charge in [0.1, 0.15) is 21.9 Å². The van der Waals surface area contributed by atoms with Crippen LogP contribution >= 0.6 is 22.7 Å². The summed E-state index contributed by atoms with van der Waals surface area (Å²) < 4.78 is 10.1. The molecular weight excluding hydrogens is 745 g/mol. The van der Waals surface area contributed by atoms with E-state index in [9.17, 15) is 14.4 Å². The molecule has 7 heterocycles. The molecule has 0 radical (unpaired) electrons. The van der Waals surface area contributed by atoms with Gasteiger partial charge in [-0.05, 0) is 27.7 Å². The molecule has 0 saturated heterocycles. The zero-order chi connectivity index (χ0) is 38.3. The average Bonchev–Trinajstić information content (AvgIpc) is 4.03. The normalized spacial score (nSPS) is 11.6. The highest BCUT2D eigenvalue weighted by Crippen LogP contribution is 2.35. The highest BCUT2D eigenvalue weighted by atomic mass is 32.1. The largest absolute Gasteiger partial charge is 0.465 e. The molecule has 0 fully saturated rings. The molecule has 7 rings (SSSR count). The first-order valence-electron chi connectivity index (χ1n) is 15.2. The average molecular weight is 769 g/mol. The van der Waals surface area contributed by atoms with Gasteiger partial charge in [-0.25, -0.2) is 14.8 Å². The second kappa shape index (κ2) is 14.0. The van der Waals surface area contributed by atoms with Crippen molar-refractivity contribution in [2.45, 2.75) is 27.7 Å². The van der Waals surface area contributed by atoms with E-state index in [1.54, 1.807) is 27.7 Å². The number of esters is 1. The van der Waals surface area contributed by atoms with Crippen molar-refractivity contribution in [3.05, 3.63) is 57.3 Å². The maximum absolute atomic E-state index is 12.5. The highest BCUT2D eigenvalue weighted by Gasteiger charge is 2.24. The van der Waals surface area contributed by atoms with Crippen LogP contribution in [-0.2, 0) is 9.53 Å². The number of nitrogens with two attached hydrogens (primary N) is 2. The molecule has 7 aromatic heterocycles. The maximum atomic E-state index is 12.5. The fraction of sp³-hybridized carbons (Fsp3) is 0.179. The van der Waals surface area contributed by atoms with Crippen LogP contribution in [0.15, 0.2) is 45.2 Å². The number of hydrogen-bond donors (Lipinski definition) is 2. The van der Waals surface area contributed by atoms with Crippen LogP contribution in [0.3, 0.4) is 0 Å². The maximum Gasteiger partial charge on any atom is 0.343 e. The van der Waals surface area contributed by atoms with Gasteiger partial charge in [0.2, 0.25) is 16.0 Å². The lowest BCUT2D eigenvalue weighted by molar-refractivity contribution is -0.104. The van der Waals surface area contributed by atoms with Crippen molar-refractivity contribution < 1.29 is 19.1 Å². The van der Waals surface area contributed by atoms with Crippen molar-refractivity contribution in [3.8, 4) is 21.9 Å². The number of nitrogens with zero attached hydrogens (tertiary/aromatic N) is 18. The predicted octanol–water partition coefficient (Wildman–Crippen LogP) is 3.32. The summed E-state index contributed by atoms with van der Waals surface area (Å²) in [5.41, 5.74) is 14.0. The summed E-state index contributed by atoms with van der Waals surface area (Å²) in [6.45, 7) is 6.82. The van der Waals surface area contributed by atoms with Crippen LogP contribution in [-0.4, -0.2) is 94.6 Å². The van der Waals surface area contributed by atoms with Crippen LogP contribution in [0, 0.1) is 27.7 Å². The number of ether oxygens (including phenoxy) is 1. The number of azo groups is 2. The molecule has 0 unspecified atom stereocenters. The SMILES string of the molecule is COC(=O)c1cnn(-c2nnc(C)s2)c1N=Nc1c(C)nn(-c2cc(-n3nc(C)c(N=Nc4c(C(=O)C=O)cnn4-c4nnc(C)s4)c3N)ncn2)c1N. The molecule has 0 bridgehead atoms. The summed E-state index contributed by atoms with van der Waals surface area (Å²) in [5.74, 6) is -1.04. The van der Waals surface area contributed by atoms with E-state index >= 15 is 0 Å². The minimum atomic E-state index is -0.857.